The Morgan fingerprint density at radius 3 is 2.56 bits per heavy atom. The van der Waals surface area contributed by atoms with Gasteiger partial charge in [0, 0.05) is 5.69 Å². The van der Waals surface area contributed by atoms with Gasteiger partial charge in [-0.3, -0.25) is 4.79 Å². The zero-order chi connectivity index (χ0) is 13.0. The average molecular weight is 308 g/mol. The molecule has 3 nitrogen and oxygen atoms in total. The molecule has 0 aliphatic heterocycles. The van der Waals surface area contributed by atoms with Gasteiger partial charge in [0.25, 0.3) is 5.91 Å². The maximum atomic E-state index is 11.9. The monoisotopic (exact) mass is 307 g/mol. The molecule has 1 N–H and O–H groups in total. The van der Waals surface area contributed by atoms with Crippen molar-refractivity contribution >= 4 is 27.5 Å². The average Bonchev–Trinajstić information content (AvgIpc) is 2.78. The van der Waals surface area contributed by atoms with Crippen LogP contribution in [0.4, 0.5) is 5.69 Å². The van der Waals surface area contributed by atoms with Crippen LogP contribution in [-0.4, -0.2) is 5.91 Å². The lowest BCUT2D eigenvalue weighted by atomic mass is 10.1. The highest BCUT2D eigenvalue weighted by molar-refractivity contribution is 9.10. The summed E-state index contributed by atoms with van der Waals surface area (Å²) < 4.78 is 5.48. The fourth-order valence-corrected chi connectivity index (χ4v) is 2.12. The Bertz CT molecular complexity index is 531. The van der Waals surface area contributed by atoms with Crippen molar-refractivity contribution in [3.8, 4) is 0 Å². The van der Waals surface area contributed by atoms with Crippen LogP contribution in [-0.2, 0) is 6.42 Å². The quantitative estimate of drug-likeness (QED) is 0.917. The third-order valence-electron chi connectivity index (χ3n) is 2.61. The number of carbonyl (C=O) groups excluding carboxylic acids is 1. The van der Waals surface area contributed by atoms with E-state index in [0.717, 1.165) is 18.5 Å². The van der Waals surface area contributed by atoms with Crippen LogP contribution in [0, 0.1) is 0 Å². The Hall–Kier alpha value is -1.55. The summed E-state index contributed by atoms with van der Waals surface area (Å²) in [7, 11) is 0. The molecule has 4 heteroatoms. The Balaban J connectivity index is 2.05. The zero-order valence-electron chi connectivity index (χ0n) is 10.1. The number of aryl methyl sites for hydroxylation is 1. The number of amides is 1. The first kappa shape index (κ1) is 12.9. The molecule has 2 rings (SSSR count). The predicted octanol–water partition coefficient (Wildman–Crippen LogP) is 4.25. The van der Waals surface area contributed by atoms with E-state index < -0.39 is 0 Å². The number of hydrogen-bond donors (Lipinski definition) is 1. The van der Waals surface area contributed by atoms with E-state index in [0.29, 0.717) is 10.2 Å². The van der Waals surface area contributed by atoms with Gasteiger partial charge in [-0.25, -0.2) is 0 Å². The molecule has 0 saturated carbocycles. The number of anilines is 1. The first-order valence-corrected chi connectivity index (χ1v) is 6.63. The zero-order valence-corrected chi connectivity index (χ0v) is 11.7. The van der Waals surface area contributed by atoms with E-state index in [-0.39, 0.29) is 5.91 Å². The van der Waals surface area contributed by atoms with Crippen LogP contribution < -0.4 is 5.32 Å². The van der Waals surface area contributed by atoms with Crippen molar-refractivity contribution in [1.82, 2.24) is 0 Å². The van der Waals surface area contributed by atoms with Gasteiger partial charge in [0.15, 0.2) is 4.67 Å². The van der Waals surface area contributed by atoms with Crippen molar-refractivity contribution in [2.24, 2.45) is 0 Å². The summed E-state index contributed by atoms with van der Waals surface area (Å²) >= 11 is 3.18. The molecular formula is C14H14BrNO2. The summed E-state index contributed by atoms with van der Waals surface area (Å²) in [6.45, 7) is 2.14. The highest BCUT2D eigenvalue weighted by Gasteiger charge is 2.12. The van der Waals surface area contributed by atoms with Crippen molar-refractivity contribution in [1.29, 1.82) is 0 Å². The lowest BCUT2D eigenvalue weighted by molar-refractivity contribution is 0.102. The number of nitrogens with one attached hydrogen (secondary N) is 1. The molecule has 94 valence electrons. The van der Waals surface area contributed by atoms with E-state index in [1.165, 1.54) is 11.8 Å². The van der Waals surface area contributed by atoms with Gasteiger partial charge >= 0.3 is 0 Å². The van der Waals surface area contributed by atoms with Crippen LogP contribution in [0.1, 0.15) is 29.3 Å². The summed E-state index contributed by atoms with van der Waals surface area (Å²) in [5.41, 5.74) is 2.56. The van der Waals surface area contributed by atoms with Crippen molar-refractivity contribution in [2.75, 3.05) is 5.32 Å². The third kappa shape index (κ3) is 3.01. The Labute approximate surface area is 114 Å². The predicted molar refractivity (Wildman–Crippen MR) is 74.8 cm³/mol. The second kappa shape index (κ2) is 5.87. The third-order valence-corrected chi connectivity index (χ3v) is 3.23. The second-order valence-electron chi connectivity index (χ2n) is 4.01. The van der Waals surface area contributed by atoms with Gasteiger partial charge in [0.05, 0.1) is 11.8 Å². The van der Waals surface area contributed by atoms with E-state index in [2.05, 4.69) is 28.2 Å². The fraction of sp³-hybridized carbons (Fsp3) is 0.214. The Kier molecular flexibility index (Phi) is 4.20. The van der Waals surface area contributed by atoms with Crippen LogP contribution >= 0.6 is 15.9 Å². The minimum absolute atomic E-state index is 0.182. The molecule has 0 aliphatic carbocycles. The van der Waals surface area contributed by atoms with Crippen LogP contribution in [0.3, 0.4) is 0 Å². The minimum Gasteiger partial charge on any atom is -0.457 e. The molecule has 0 atom stereocenters. The molecule has 1 aromatic carbocycles. The number of halogens is 1. The van der Waals surface area contributed by atoms with Crippen LogP contribution in [0.2, 0.25) is 0 Å². The molecular weight excluding hydrogens is 294 g/mol. The summed E-state index contributed by atoms with van der Waals surface area (Å²) in [6, 6.07) is 9.52. The maximum absolute atomic E-state index is 11.9. The number of rotatable bonds is 4. The van der Waals surface area contributed by atoms with Crippen molar-refractivity contribution < 1.29 is 9.21 Å². The minimum atomic E-state index is -0.182. The first-order valence-electron chi connectivity index (χ1n) is 5.84. The largest absolute Gasteiger partial charge is 0.457 e. The molecule has 18 heavy (non-hydrogen) atoms. The molecule has 0 radical (unpaired) electrons. The Morgan fingerprint density at radius 2 is 2.00 bits per heavy atom. The molecule has 0 bridgehead atoms. The van der Waals surface area contributed by atoms with Crippen LogP contribution in [0.15, 0.2) is 45.7 Å². The van der Waals surface area contributed by atoms with Gasteiger partial charge in [0.1, 0.15) is 0 Å². The van der Waals surface area contributed by atoms with E-state index in [9.17, 15) is 4.79 Å². The van der Waals surface area contributed by atoms with Crippen LogP contribution in [0.5, 0.6) is 0 Å². The van der Waals surface area contributed by atoms with E-state index in [1.54, 1.807) is 6.07 Å². The standard InChI is InChI=1S/C14H14BrNO2/c1-2-3-10-4-6-11(7-5-10)16-14(17)12-8-9-18-13(12)15/h4-9H,2-3H2,1H3,(H,16,17). The Morgan fingerprint density at radius 1 is 1.28 bits per heavy atom. The molecule has 0 fully saturated rings. The van der Waals surface area contributed by atoms with Gasteiger partial charge in [-0.15, -0.1) is 0 Å². The summed E-state index contributed by atoms with van der Waals surface area (Å²) in [5.74, 6) is -0.182. The van der Waals surface area contributed by atoms with Gasteiger partial charge in [0.2, 0.25) is 0 Å². The highest BCUT2D eigenvalue weighted by Crippen LogP contribution is 2.19. The maximum Gasteiger partial charge on any atom is 0.260 e. The molecule has 0 aliphatic rings. The molecule has 0 unspecified atom stereocenters. The lowest BCUT2D eigenvalue weighted by Crippen LogP contribution is -2.11. The molecule has 1 aromatic heterocycles. The summed E-state index contributed by atoms with van der Waals surface area (Å²) in [6.07, 6.45) is 3.65. The number of hydrogen-bond acceptors (Lipinski definition) is 2. The van der Waals surface area contributed by atoms with Gasteiger partial charge in [-0.05, 0) is 46.1 Å². The number of carbonyl (C=O) groups is 1. The fourth-order valence-electron chi connectivity index (χ4n) is 1.70. The molecule has 1 heterocycles. The highest BCUT2D eigenvalue weighted by atomic mass is 79.9. The van der Waals surface area contributed by atoms with E-state index in [1.807, 2.05) is 24.3 Å². The van der Waals surface area contributed by atoms with Gasteiger partial charge in [-0.2, -0.15) is 0 Å². The number of furan rings is 1. The smallest absolute Gasteiger partial charge is 0.260 e. The number of benzene rings is 1. The first-order chi connectivity index (χ1) is 8.70. The second-order valence-corrected chi connectivity index (χ2v) is 4.73. The van der Waals surface area contributed by atoms with Crippen LogP contribution in [0.25, 0.3) is 0 Å². The summed E-state index contributed by atoms with van der Waals surface area (Å²) in [4.78, 5) is 11.9. The molecule has 0 spiro atoms. The SMILES string of the molecule is CCCc1ccc(NC(=O)c2ccoc2Br)cc1. The van der Waals surface area contributed by atoms with Crippen molar-refractivity contribution in [3.63, 3.8) is 0 Å². The topological polar surface area (TPSA) is 42.2 Å². The molecule has 2 aromatic rings. The van der Waals surface area contributed by atoms with Gasteiger partial charge < -0.3 is 9.73 Å². The van der Waals surface area contributed by atoms with E-state index >= 15 is 0 Å². The van der Waals surface area contributed by atoms with Crippen molar-refractivity contribution in [3.05, 3.63) is 52.4 Å². The molecule has 1 amide bonds. The van der Waals surface area contributed by atoms with Gasteiger partial charge in [-0.1, -0.05) is 25.5 Å². The molecule has 0 saturated heterocycles. The normalized spacial score (nSPS) is 10.3. The van der Waals surface area contributed by atoms with E-state index in [4.69, 9.17) is 4.42 Å². The summed E-state index contributed by atoms with van der Waals surface area (Å²) in [5, 5.41) is 2.83. The van der Waals surface area contributed by atoms with Crippen molar-refractivity contribution in [2.45, 2.75) is 19.8 Å². The lowest BCUT2D eigenvalue weighted by Gasteiger charge is -2.05.